The molecule has 0 spiro atoms. The van der Waals surface area contributed by atoms with Crippen molar-refractivity contribution in [1.29, 1.82) is 0 Å². The van der Waals surface area contributed by atoms with E-state index in [1.807, 2.05) is 31.2 Å². The molecular weight excluding hydrogens is 440 g/mol. The molecule has 2 aromatic carbocycles. The number of methoxy groups -OCH3 is 1. The van der Waals surface area contributed by atoms with Crippen molar-refractivity contribution < 1.29 is 19.4 Å². The Labute approximate surface area is 195 Å². The highest BCUT2D eigenvalue weighted by Gasteiger charge is 2.19. The van der Waals surface area contributed by atoms with Gasteiger partial charge in [-0.15, -0.1) is 0 Å². The van der Waals surface area contributed by atoms with Crippen LogP contribution in [-0.4, -0.2) is 59.3 Å². The number of carbonyl (C=O) groups is 1. The number of hydrogen-bond donors (Lipinski definition) is 1. The molecule has 0 atom stereocenters. The molecule has 1 aliphatic rings. The molecule has 9 heteroatoms. The van der Waals surface area contributed by atoms with Crippen LogP contribution in [0.1, 0.15) is 21.7 Å². The lowest BCUT2D eigenvalue weighted by Gasteiger charge is -2.25. The highest BCUT2D eigenvalue weighted by molar-refractivity contribution is 7.22. The van der Waals surface area contributed by atoms with Gasteiger partial charge in [-0.05, 0) is 48.4 Å². The summed E-state index contributed by atoms with van der Waals surface area (Å²) in [4.78, 5) is 18.6. The third-order valence-corrected chi connectivity index (χ3v) is 6.85. The monoisotopic (exact) mass is 464 g/mol. The second-order valence-corrected chi connectivity index (χ2v) is 8.95. The quantitative estimate of drug-likeness (QED) is 0.460. The van der Waals surface area contributed by atoms with Crippen molar-refractivity contribution in [2.45, 2.75) is 13.5 Å². The van der Waals surface area contributed by atoms with Crippen molar-refractivity contribution in [3.05, 3.63) is 59.4 Å². The Hall–Kier alpha value is -3.43. The van der Waals surface area contributed by atoms with Crippen LogP contribution in [0.4, 0.5) is 5.13 Å². The molecule has 4 aromatic rings. The van der Waals surface area contributed by atoms with Crippen LogP contribution in [0.2, 0.25) is 0 Å². The molecule has 8 nitrogen and oxygen atoms in total. The van der Waals surface area contributed by atoms with Gasteiger partial charge in [0.25, 0.3) is 0 Å². The van der Waals surface area contributed by atoms with Gasteiger partial charge in [0.1, 0.15) is 5.75 Å². The maximum absolute atomic E-state index is 11.4. The van der Waals surface area contributed by atoms with Crippen molar-refractivity contribution in [1.82, 2.24) is 14.8 Å². The van der Waals surface area contributed by atoms with E-state index in [4.69, 9.17) is 14.5 Å². The number of ether oxygens (including phenoxy) is 2. The average molecular weight is 465 g/mol. The molecule has 0 radical (unpaired) electrons. The molecule has 1 saturated heterocycles. The molecule has 0 bridgehead atoms. The molecule has 3 heterocycles. The minimum atomic E-state index is -1.03. The van der Waals surface area contributed by atoms with Gasteiger partial charge in [0.2, 0.25) is 0 Å². The van der Waals surface area contributed by atoms with Crippen LogP contribution in [-0.2, 0) is 11.3 Å². The van der Waals surface area contributed by atoms with Gasteiger partial charge < -0.3 is 19.5 Å². The predicted molar refractivity (Wildman–Crippen MR) is 128 cm³/mol. The maximum atomic E-state index is 11.4. The summed E-state index contributed by atoms with van der Waals surface area (Å²) >= 11 is 1.67. The van der Waals surface area contributed by atoms with Gasteiger partial charge in [-0.3, -0.25) is 4.68 Å². The molecule has 5 rings (SSSR count). The molecule has 0 unspecified atom stereocenters. The van der Waals surface area contributed by atoms with Crippen LogP contribution >= 0.6 is 11.3 Å². The topological polar surface area (TPSA) is 89.7 Å². The first-order valence-electron chi connectivity index (χ1n) is 10.7. The van der Waals surface area contributed by atoms with E-state index < -0.39 is 5.97 Å². The summed E-state index contributed by atoms with van der Waals surface area (Å²) < 4.78 is 13.6. The third kappa shape index (κ3) is 4.29. The summed E-state index contributed by atoms with van der Waals surface area (Å²) in [6.45, 7) is 5.34. The van der Waals surface area contributed by atoms with Crippen LogP contribution in [0, 0.1) is 6.92 Å². The predicted octanol–water partition coefficient (Wildman–Crippen LogP) is 4.06. The molecule has 1 aliphatic heterocycles. The van der Waals surface area contributed by atoms with E-state index in [9.17, 15) is 9.90 Å². The SMILES string of the molecule is COc1ccc(-c2cc(Cn3nc(C(=O)O)cc3C)c3nc(N4CCOCC4)sc3c2)cc1. The van der Waals surface area contributed by atoms with E-state index in [1.165, 1.54) is 0 Å². The maximum Gasteiger partial charge on any atom is 0.356 e. The number of aryl methyl sites for hydroxylation is 1. The molecule has 2 aromatic heterocycles. The van der Waals surface area contributed by atoms with Crippen LogP contribution in [0.25, 0.3) is 21.3 Å². The Morgan fingerprint density at radius 3 is 2.58 bits per heavy atom. The first-order chi connectivity index (χ1) is 16.0. The largest absolute Gasteiger partial charge is 0.497 e. The fraction of sp³-hybridized carbons (Fsp3) is 0.292. The second kappa shape index (κ2) is 8.84. The molecule has 0 amide bonds. The number of fused-ring (bicyclic) bond motifs is 1. The Morgan fingerprint density at radius 1 is 1.15 bits per heavy atom. The lowest BCUT2D eigenvalue weighted by molar-refractivity contribution is 0.0689. The molecule has 0 aliphatic carbocycles. The third-order valence-electron chi connectivity index (χ3n) is 5.79. The highest BCUT2D eigenvalue weighted by atomic mass is 32.1. The zero-order valence-electron chi connectivity index (χ0n) is 18.4. The molecule has 33 heavy (non-hydrogen) atoms. The van der Waals surface area contributed by atoms with Crippen LogP contribution in [0.5, 0.6) is 5.75 Å². The highest BCUT2D eigenvalue weighted by Crippen LogP contribution is 2.36. The van der Waals surface area contributed by atoms with E-state index in [2.05, 4.69) is 22.1 Å². The molecule has 170 valence electrons. The standard InChI is InChI=1S/C24H24N4O4S/c1-15-11-20(23(29)30)26-28(15)14-18-12-17(16-3-5-19(31-2)6-4-16)13-21-22(18)25-24(33-21)27-7-9-32-10-8-27/h3-6,11-13H,7-10,14H2,1-2H3,(H,29,30). The van der Waals surface area contributed by atoms with E-state index in [1.54, 1.807) is 29.2 Å². The second-order valence-electron chi connectivity index (χ2n) is 7.94. The molecular formula is C24H24N4O4S. The number of anilines is 1. The van der Waals surface area contributed by atoms with Gasteiger partial charge in [0.15, 0.2) is 10.8 Å². The summed E-state index contributed by atoms with van der Waals surface area (Å²) in [5.41, 5.74) is 4.90. The first-order valence-corrected chi connectivity index (χ1v) is 11.5. The zero-order valence-corrected chi connectivity index (χ0v) is 19.3. The summed E-state index contributed by atoms with van der Waals surface area (Å²) in [7, 11) is 1.65. The minimum Gasteiger partial charge on any atom is -0.497 e. The number of hydrogen-bond acceptors (Lipinski definition) is 7. The van der Waals surface area contributed by atoms with Crippen LogP contribution in [0.15, 0.2) is 42.5 Å². The van der Waals surface area contributed by atoms with Crippen LogP contribution < -0.4 is 9.64 Å². The Morgan fingerprint density at radius 2 is 1.91 bits per heavy atom. The lowest BCUT2D eigenvalue weighted by atomic mass is 10.0. The normalized spacial score (nSPS) is 14.1. The Bertz CT molecular complexity index is 1310. The summed E-state index contributed by atoms with van der Waals surface area (Å²) in [5, 5.41) is 14.6. The lowest BCUT2D eigenvalue weighted by Crippen LogP contribution is -2.36. The minimum absolute atomic E-state index is 0.0438. The van der Waals surface area contributed by atoms with Gasteiger partial charge in [0, 0.05) is 24.3 Å². The number of carboxylic acids is 1. The van der Waals surface area contributed by atoms with Crippen molar-refractivity contribution in [2.75, 3.05) is 38.3 Å². The number of carboxylic acid groups (broad SMARTS) is 1. The van der Waals surface area contributed by atoms with Crippen molar-refractivity contribution in [2.24, 2.45) is 0 Å². The van der Waals surface area contributed by atoms with E-state index >= 15 is 0 Å². The Kier molecular flexibility index (Phi) is 5.74. The summed E-state index contributed by atoms with van der Waals surface area (Å²) in [6, 6.07) is 13.8. The van der Waals surface area contributed by atoms with Crippen LogP contribution in [0.3, 0.4) is 0 Å². The Balaban J connectivity index is 1.60. The average Bonchev–Trinajstić information content (AvgIpc) is 3.44. The van der Waals surface area contributed by atoms with Crippen molar-refractivity contribution in [3.8, 4) is 16.9 Å². The van der Waals surface area contributed by atoms with Gasteiger partial charge in [-0.2, -0.15) is 5.10 Å². The number of aromatic nitrogens is 3. The summed E-state index contributed by atoms with van der Waals surface area (Å²) in [5.74, 6) is -0.224. The molecule has 1 N–H and O–H groups in total. The number of thiazole rings is 1. The van der Waals surface area contributed by atoms with Gasteiger partial charge in [-0.25, -0.2) is 9.78 Å². The number of benzene rings is 2. The fourth-order valence-corrected chi connectivity index (χ4v) is 5.09. The number of rotatable bonds is 6. The van der Waals surface area contributed by atoms with Gasteiger partial charge in [-0.1, -0.05) is 23.5 Å². The number of aromatic carboxylic acids is 1. The van der Waals surface area contributed by atoms with E-state index in [0.29, 0.717) is 19.8 Å². The number of morpholine rings is 1. The number of nitrogens with zero attached hydrogens (tertiary/aromatic N) is 4. The van der Waals surface area contributed by atoms with Gasteiger partial charge >= 0.3 is 5.97 Å². The molecule has 1 fully saturated rings. The van der Waals surface area contributed by atoms with Gasteiger partial charge in [0.05, 0.1) is 37.1 Å². The zero-order chi connectivity index (χ0) is 22.9. The van der Waals surface area contributed by atoms with Crippen molar-refractivity contribution >= 4 is 32.7 Å². The molecule has 0 saturated carbocycles. The first kappa shape index (κ1) is 21.4. The smallest absolute Gasteiger partial charge is 0.356 e. The van der Waals surface area contributed by atoms with E-state index in [0.717, 1.165) is 56.6 Å². The van der Waals surface area contributed by atoms with E-state index in [-0.39, 0.29) is 5.69 Å². The van der Waals surface area contributed by atoms with Crippen molar-refractivity contribution in [3.63, 3.8) is 0 Å². The fourth-order valence-electron chi connectivity index (χ4n) is 3.98. The summed E-state index contributed by atoms with van der Waals surface area (Å²) in [6.07, 6.45) is 0.